The summed E-state index contributed by atoms with van der Waals surface area (Å²) in [5, 5.41) is 8.04. The average molecular weight is 258 g/mol. The molecule has 0 unspecified atom stereocenters. The molecule has 3 aromatic heterocycles. The zero-order chi connectivity index (χ0) is 12.5. The quantitative estimate of drug-likeness (QED) is 0.764. The summed E-state index contributed by atoms with van der Waals surface area (Å²) in [6.07, 6.45) is 1.62. The maximum Gasteiger partial charge on any atom is 0.259 e. The van der Waals surface area contributed by atoms with E-state index in [9.17, 15) is 0 Å². The summed E-state index contributed by atoms with van der Waals surface area (Å²) in [5.74, 6) is 1.51. The summed E-state index contributed by atoms with van der Waals surface area (Å²) in [6.45, 7) is 2.02. The summed E-state index contributed by atoms with van der Waals surface area (Å²) < 4.78 is 5.23. The van der Waals surface area contributed by atoms with Gasteiger partial charge < -0.3 is 10.3 Å². The predicted molar refractivity (Wildman–Crippen MR) is 70.0 cm³/mol. The second kappa shape index (κ2) is 4.23. The molecule has 0 aliphatic rings. The Morgan fingerprint density at radius 1 is 1.28 bits per heavy atom. The Morgan fingerprint density at radius 2 is 2.17 bits per heavy atom. The van der Waals surface area contributed by atoms with E-state index in [1.54, 1.807) is 29.7 Å². The molecule has 2 N–H and O–H groups in total. The van der Waals surface area contributed by atoms with Gasteiger partial charge in [-0.3, -0.25) is 0 Å². The molecule has 0 saturated carbocycles. The third kappa shape index (κ3) is 1.86. The van der Waals surface area contributed by atoms with Crippen molar-refractivity contribution < 1.29 is 4.52 Å². The topological polar surface area (TPSA) is 77.8 Å². The lowest BCUT2D eigenvalue weighted by Crippen LogP contribution is -1.89. The minimum Gasteiger partial charge on any atom is -0.384 e. The van der Waals surface area contributed by atoms with Crippen LogP contribution in [0.4, 0.5) is 5.82 Å². The third-order valence-electron chi connectivity index (χ3n) is 2.56. The van der Waals surface area contributed by atoms with Crippen LogP contribution in [0.3, 0.4) is 0 Å². The van der Waals surface area contributed by atoms with E-state index in [-0.39, 0.29) is 0 Å². The number of nitrogen functional groups attached to an aromatic ring is 1. The van der Waals surface area contributed by atoms with Gasteiger partial charge in [-0.15, -0.1) is 0 Å². The fourth-order valence-electron chi connectivity index (χ4n) is 1.57. The molecule has 90 valence electrons. The first-order chi connectivity index (χ1) is 8.74. The Balaban J connectivity index is 1.99. The van der Waals surface area contributed by atoms with Crippen LogP contribution in [0.15, 0.2) is 33.6 Å². The fraction of sp³-hybridized carbons (Fsp3) is 0.0833. The number of aromatic nitrogens is 3. The third-order valence-corrected chi connectivity index (χ3v) is 3.42. The largest absolute Gasteiger partial charge is 0.384 e. The Kier molecular flexibility index (Phi) is 2.56. The van der Waals surface area contributed by atoms with Crippen molar-refractivity contribution >= 4 is 17.2 Å². The van der Waals surface area contributed by atoms with Crippen LogP contribution in [-0.4, -0.2) is 15.1 Å². The molecule has 0 saturated heterocycles. The van der Waals surface area contributed by atoms with Crippen molar-refractivity contribution in [3.05, 3.63) is 34.7 Å². The lowest BCUT2D eigenvalue weighted by Gasteiger charge is -1.93. The lowest BCUT2D eigenvalue weighted by molar-refractivity contribution is 0.432. The molecule has 0 bridgehead atoms. The monoisotopic (exact) mass is 258 g/mol. The zero-order valence-corrected chi connectivity index (χ0v) is 10.4. The van der Waals surface area contributed by atoms with Crippen LogP contribution in [0.2, 0.25) is 0 Å². The highest BCUT2D eigenvalue weighted by atomic mass is 32.1. The fourth-order valence-corrected chi connectivity index (χ4v) is 2.40. The molecule has 5 nitrogen and oxygen atoms in total. The molecule has 3 heterocycles. The molecule has 0 aliphatic heterocycles. The van der Waals surface area contributed by atoms with E-state index < -0.39 is 0 Å². The highest BCUT2D eigenvalue weighted by Gasteiger charge is 2.12. The number of aryl methyl sites for hydroxylation is 1. The van der Waals surface area contributed by atoms with Crippen molar-refractivity contribution in [1.29, 1.82) is 0 Å². The molecular formula is C12H10N4OS. The van der Waals surface area contributed by atoms with Crippen molar-refractivity contribution in [2.75, 3.05) is 5.73 Å². The van der Waals surface area contributed by atoms with Crippen LogP contribution in [0.5, 0.6) is 0 Å². The van der Waals surface area contributed by atoms with Gasteiger partial charge in [0.05, 0.1) is 5.56 Å². The van der Waals surface area contributed by atoms with Gasteiger partial charge in [0.25, 0.3) is 5.89 Å². The molecule has 3 aromatic rings. The number of pyridine rings is 1. The molecule has 0 aromatic carbocycles. The van der Waals surface area contributed by atoms with Gasteiger partial charge in [-0.05, 0) is 30.0 Å². The van der Waals surface area contributed by atoms with Gasteiger partial charge >= 0.3 is 0 Å². The minimum atomic E-state index is 0.447. The number of thiophene rings is 1. The highest BCUT2D eigenvalue weighted by molar-refractivity contribution is 7.08. The standard InChI is InChI=1S/C12H10N4OS/c1-7-5-18-6-9(7)11-15-12(17-16-11)8-2-3-10(13)14-4-8/h2-6H,1H3,(H2,13,14). The van der Waals surface area contributed by atoms with Crippen molar-refractivity contribution in [2.24, 2.45) is 0 Å². The number of rotatable bonds is 2. The van der Waals surface area contributed by atoms with Gasteiger partial charge in [0, 0.05) is 17.1 Å². The van der Waals surface area contributed by atoms with Crippen molar-refractivity contribution in [2.45, 2.75) is 6.92 Å². The minimum absolute atomic E-state index is 0.447. The van der Waals surface area contributed by atoms with E-state index in [4.69, 9.17) is 10.3 Å². The molecule has 0 fully saturated rings. The Bertz CT molecular complexity index is 671. The molecule has 0 atom stereocenters. The highest BCUT2D eigenvalue weighted by Crippen LogP contribution is 2.26. The molecule has 0 radical (unpaired) electrons. The first kappa shape index (κ1) is 10.9. The predicted octanol–water partition coefficient (Wildman–Crippen LogP) is 2.75. The Hall–Kier alpha value is -2.21. The van der Waals surface area contributed by atoms with Crippen LogP contribution in [-0.2, 0) is 0 Å². The van der Waals surface area contributed by atoms with Crippen molar-refractivity contribution in [3.63, 3.8) is 0 Å². The molecular weight excluding hydrogens is 248 g/mol. The first-order valence-electron chi connectivity index (χ1n) is 5.33. The molecule has 0 spiro atoms. The summed E-state index contributed by atoms with van der Waals surface area (Å²) in [4.78, 5) is 8.36. The first-order valence-corrected chi connectivity index (χ1v) is 6.27. The van der Waals surface area contributed by atoms with Gasteiger partial charge in [0.1, 0.15) is 5.82 Å². The maximum absolute atomic E-state index is 5.53. The van der Waals surface area contributed by atoms with E-state index in [0.717, 1.165) is 16.7 Å². The summed E-state index contributed by atoms with van der Waals surface area (Å²) in [6, 6.07) is 3.51. The number of hydrogen-bond donors (Lipinski definition) is 1. The van der Waals surface area contributed by atoms with Gasteiger partial charge in [0.15, 0.2) is 0 Å². The maximum atomic E-state index is 5.53. The lowest BCUT2D eigenvalue weighted by atomic mass is 10.2. The van der Waals surface area contributed by atoms with Crippen LogP contribution < -0.4 is 5.73 Å². The van der Waals surface area contributed by atoms with E-state index >= 15 is 0 Å². The molecule has 6 heteroatoms. The SMILES string of the molecule is Cc1cscc1-c1noc(-c2ccc(N)nc2)n1. The molecule has 18 heavy (non-hydrogen) atoms. The van der Waals surface area contributed by atoms with Gasteiger partial charge in [-0.25, -0.2) is 4.98 Å². The summed E-state index contributed by atoms with van der Waals surface area (Å²) >= 11 is 1.62. The van der Waals surface area contributed by atoms with E-state index in [1.807, 2.05) is 12.3 Å². The van der Waals surface area contributed by atoms with Crippen LogP contribution in [0.1, 0.15) is 5.56 Å². The Labute approximate surface area is 107 Å². The normalized spacial score (nSPS) is 10.7. The Morgan fingerprint density at radius 3 is 2.83 bits per heavy atom. The zero-order valence-electron chi connectivity index (χ0n) is 9.62. The smallest absolute Gasteiger partial charge is 0.259 e. The van der Waals surface area contributed by atoms with Crippen LogP contribution in [0, 0.1) is 6.92 Å². The summed E-state index contributed by atoms with van der Waals surface area (Å²) in [5.41, 5.74) is 8.43. The molecule has 0 amide bonds. The average Bonchev–Trinajstić information content (AvgIpc) is 2.98. The second-order valence-electron chi connectivity index (χ2n) is 3.86. The number of hydrogen-bond acceptors (Lipinski definition) is 6. The van der Waals surface area contributed by atoms with E-state index in [2.05, 4.69) is 20.5 Å². The van der Waals surface area contributed by atoms with Gasteiger partial charge in [-0.1, -0.05) is 5.16 Å². The van der Waals surface area contributed by atoms with E-state index in [1.165, 1.54) is 0 Å². The van der Waals surface area contributed by atoms with Gasteiger partial charge in [0.2, 0.25) is 5.82 Å². The van der Waals surface area contributed by atoms with Crippen LogP contribution >= 0.6 is 11.3 Å². The summed E-state index contributed by atoms with van der Waals surface area (Å²) in [7, 11) is 0. The molecule has 3 rings (SSSR count). The van der Waals surface area contributed by atoms with E-state index in [0.29, 0.717) is 17.5 Å². The second-order valence-corrected chi connectivity index (χ2v) is 4.61. The van der Waals surface area contributed by atoms with Gasteiger partial charge in [-0.2, -0.15) is 16.3 Å². The molecule has 0 aliphatic carbocycles. The number of nitrogens with two attached hydrogens (primary N) is 1. The van der Waals surface area contributed by atoms with Crippen LogP contribution in [0.25, 0.3) is 22.8 Å². The van der Waals surface area contributed by atoms with Crippen molar-refractivity contribution in [1.82, 2.24) is 15.1 Å². The number of nitrogens with zero attached hydrogens (tertiary/aromatic N) is 3. The van der Waals surface area contributed by atoms with Crippen molar-refractivity contribution in [3.8, 4) is 22.8 Å². The number of anilines is 1.